The summed E-state index contributed by atoms with van der Waals surface area (Å²) in [6.07, 6.45) is 1.05. The Bertz CT molecular complexity index is 130. The molecule has 1 aliphatic heterocycles. The number of hydrogen-bond acceptors (Lipinski definition) is 2. The molecular weight excluding hydrogens is 217 g/mol. The number of nitrogens with zero attached hydrogens (tertiary/aromatic N) is 1. The number of rotatable bonds is 0. The third kappa shape index (κ3) is 0.610. The summed E-state index contributed by atoms with van der Waals surface area (Å²) in [6, 6.07) is 0. The van der Waals surface area contributed by atoms with Gasteiger partial charge in [0.2, 0.25) is 0 Å². The fourth-order valence-corrected chi connectivity index (χ4v) is 2.46. The van der Waals surface area contributed by atoms with Crippen LogP contribution in [0.25, 0.3) is 0 Å². The van der Waals surface area contributed by atoms with Crippen LogP contribution in [0.1, 0.15) is 6.42 Å². The second kappa shape index (κ2) is 1.38. The quantitative estimate of drug-likeness (QED) is 0.476. The molecule has 0 amide bonds. The minimum atomic E-state index is -0.249. The molecule has 2 nitrogen and oxygen atoms in total. The van der Waals surface area contributed by atoms with Crippen LogP contribution in [0.4, 0.5) is 0 Å². The van der Waals surface area contributed by atoms with Gasteiger partial charge in [0.25, 0.3) is 0 Å². The van der Waals surface area contributed by atoms with E-state index in [2.05, 4.69) is 26.0 Å². The molecule has 1 N–H and O–H groups in total. The lowest BCUT2D eigenvalue weighted by Crippen LogP contribution is -2.18. The molecule has 0 radical (unpaired) electrons. The van der Waals surface area contributed by atoms with E-state index in [9.17, 15) is 5.11 Å². The maximum absolute atomic E-state index is 9.39. The number of piperidine rings is 1. The minimum Gasteiger partial charge on any atom is -0.388 e. The van der Waals surface area contributed by atoms with Crippen molar-refractivity contribution in [3.05, 3.63) is 0 Å². The number of hydrogen-bond donors (Lipinski definition) is 1. The summed E-state index contributed by atoms with van der Waals surface area (Å²) in [5.41, 5.74) is -0.249. The monoisotopic (exact) mass is 225 g/mol. The third-order valence-corrected chi connectivity index (χ3v) is 2.80. The molecule has 2 atom stereocenters. The van der Waals surface area contributed by atoms with E-state index in [-0.39, 0.29) is 5.60 Å². The number of aliphatic hydroxyl groups is 1. The third-order valence-electron chi connectivity index (χ3n) is 2.06. The van der Waals surface area contributed by atoms with Gasteiger partial charge in [-0.3, -0.25) is 0 Å². The molecule has 8 heavy (non-hydrogen) atoms. The van der Waals surface area contributed by atoms with E-state index in [0.29, 0.717) is 5.92 Å². The van der Waals surface area contributed by atoms with Gasteiger partial charge in [0.05, 0.1) is 5.60 Å². The second-order valence-electron chi connectivity index (χ2n) is 2.81. The summed E-state index contributed by atoms with van der Waals surface area (Å²) in [7, 11) is 0. The van der Waals surface area contributed by atoms with E-state index in [1.54, 1.807) is 0 Å². The highest BCUT2D eigenvalue weighted by molar-refractivity contribution is 14.1. The zero-order valence-electron chi connectivity index (χ0n) is 4.47. The summed E-state index contributed by atoms with van der Waals surface area (Å²) in [6.45, 7) is 1.98. The van der Waals surface area contributed by atoms with E-state index >= 15 is 0 Å². The van der Waals surface area contributed by atoms with E-state index < -0.39 is 0 Å². The van der Waals surface area contributed by atoms with Gasteiger partial charge in [-0.25, -0.2) is 3.11 Å². The van der Waals surface area contributed by atoms with Gasteiger partial charge in [-0.1, -0.05) is 0 Å². The van der Waals surface area contributed by atoms with Gasteiger partial charge in [0.1, 0.15) is 0 Å². The van der Waals surface area contributed by atoms with Crippen LogP contribution in [0.15, 0.2) is 0 Å². The van der Waals surface area contributed by atoms with Crippen molar-refractivity contribution in [3.8, 4) is 0 Å². The number of fused-ring (bicyclic) bond motifs is 1. The van der Waals surface area contributed by atoms with Gasteiger partial charge < -0.3 is 5.11 Å². The highest BCUT2D eigenvalue weighted by Gasteiger charge is 2.58. The minimum absolute atomic E-state index is 0.249. The molecule has 1 saturated carbocycles. The van der Waals surface area contributed by atoms with Crippen LogP contribution < -0.4 is 0 Å². The van der Waals surface area contributed by atoms with Crippen molar-refractivity contribution in [2.45, 2.75) is 12.0 Å². The summed E-state index contributed by atoms with van der Waals surface area (Å²) in [5.74, 6) is 0.611. The van der Waals surface area contributed by atoms with Crippen molar-refractivity contribution >= 4 is 22.9 Å². The molecule has 2 unspecified atom stereocenters. The first-order valence-electron chi connectivity index (χ1n) is 2.84. The largest absolute Gasteiger partial charge is 0.388 e. The zero-order valence-corrected chi connectivity index (χ0v) is 6.63. The Morgan fingerprint density at radius 1 is 1.75 bits per heavy atom. The van der Waals surface area contributed by atoms with E-state index in [0.717, 1.165) is 19.5 Å². The van der Waals surface area contributed by atoms with Crippen LogP contribution >= 0.6 is 22.9 Å². The highest BCUT2D eigenvalue weighted by Crippen LogP contribution is 2.50. The van der Waals surface area contributed by atoms with Crippen LogP contribution in [0, 0.1) is 5.92 Å². The topological polar surface area (TPSA) is 23.5 Å². The molecule has 0 spiro atoms. The lowest BCUT2D eigenvalue weighted by Gasteiger charge is -2.07. The Labute approximate surface area is 62.4 Å². The maximum Gasteiger partial charge on any atom is 0.0828 e. The van der Waals surface area contributed by atoms with E-state index in [1.807, 2.05) is 0 Å². The molecule has 2 rings (SSSR count). The normalized spacial score (nSPS) is 54.0. The highest BCUT2D eigenvalue weighted by atomic mass is 127. The van der Waals surface area contributed by atoms with Crippen LogP contribution in [0.2, 0.25) is 0 Å². The molecule has 2 aliphatic rings. The molecule has 0 aromatic rings. The van der Waals surface area contributed by atoms with Crippen LogP contribution in [-0.2, 0) is 0 Å². The first-order valence-corrected chi connectivity index (χ1v) is 3.80. The van der Waals surface area contributed by atoms with Crippen LogP contribution in [-0.4, -0.2) is 26.9 Å². The summed E-state index contributed by atoms with van der Waals surface area (Å²) in [4.78, 5) is 0. The smallest absolute Gasteiger partial charge is 0.0828 e. The van der Waals surface area contributed by atoms with Crippen molar-refractivity contribution in [2.75, 3.05) is 13.1 Å². The van der Waals surface area contributed by atoms with Gasteiger partial charge in [-0.05, 0) is 6.42 Å². The average molecular weight is 225 g/mol. The van der Waals surface area contributed by atoms with E-state index in [1.165, 1.54) is 0 Å². The predicted octanol–water partition coefficient (Wildman–Crippen LogP) is 0.403. The lowest BCUT2D eigenvalue weighted by molar-refractivity contribution is 0.148. The van der Waals surface area contributed by atoms with Crippen molar-refractivity contribution in [1.82, 2.24) is 3.11 Å². The predicted molar refractivity (Wildman–Crippen MR) is 38.6 cm³/mol. The molecule has 0 aromatic carbocycles. The molecular formula is C5H8INO. The number of halogens is 1. The Morgan fingerprint density at radius 3 is 2.75 bits per heavy atom. The molecule has 3 heteroatoms. The summed E-state index contributed by atoms with van der Waals surface area (Å²) >= 11 is 2.26. The van der Waals surface area contributed by atoms with Crippen molar-refractivity contribution in [1.29, 1.82) is 0 Å². The van der Waals surface area contributed by atoms with Crippen LogP contribution in [0.5, 0.6) is 0 Å². The first-order chi connectivity index (χ1) is 3.71. The standard InChI is InChI=1S/C5H8INO/c6-7-2-4-1-5(4,8)3-7/h4,8H,1-3H2. The van der Waals surface area contributed by atoms with Crippen molar-refractivity contribution < 1.29 is 5.11 Å². The Kier molecular flexibility index (Phi) is 0.939. The fraction of sp³-hybridized carbons (Fsp3) is 1.00. The zero-order chi connectivity index (χ0) is 5.78. The number of β-amino-alcohol motifs (C(OH)–C–C–N with tert-alkyl or cyclic N) is 1. The maximum atomic E-state index is 9.39. The second-order valence-corrected chi connectivity index (χ2v) is 4.17. The Balaban J connectivity index is 2.10. The fourth-order valence-electron chi connectivity index (χ4n) is 1.40. The molecule has 1 aliphatic carbocycles. The lowest BCUT2D eigenvalue weighted by atomic mass is 10.3. The molecule has 46 valence electrons. The summed E-state index contributed by atoms with van der Waals surface area (Å²) < 4.78 is 2.16. The van der Waals surface area contributed by atoms with Crippen molar-refractivity contribution in [3.63, 3.8) is 0 Å². The SMILES string of the molecule is OC12CC1CN(I)C2. The van der Waals surface area contributed by atoms with Gasteiger partial charge in [0, 0.05) is 41.9 Å². The molecule has 2 fully saturated rings. The Hall–Kier alpha value is 0.650. The van der Waals surface area contributed by atoms with Gasteiger partial charge in [-0.15, -0.1) is 0 Å². The molecule has 1 heterocycles. The van der Waals surface area contributed by atoms with Gasteiger partial charge in [0.15, 0.2) is 0 Å². The van der Waals surface area contributed by atoms with E-state index in [4.69, 9.17) is 0 Å². The summed E-state index contributed by atoms with van der Waals surface area (Å²) in [5, 5.41) is 9.39. The molecule has 1 saturated heterocycles. The average Bonchev–Trinajstić information content (AvgIpc) is 2.07. The van der Waals surface area contributed by atoms with Gasteiger partial charge >= 0.3 is 0 Å². The molecule has 0 aromatic heterocycles. The Morgan fingerprint density at radius 2 is 2.50 bits per heavy atom. The van der Waals surface area contributed by atoms with Crippen LogP contribution in [0.3, 0.4) is 0 Å². The van der Waals surface area contributed by atoms with Gasteiger partial charge in [-0.2, -0.15) is 0 Å². The first kappa shape index (κ1) is 5.44. The van der Waals surface area contributed by atoms with Crippen molar-refractivity contribution in [2.24, 2.45) is 5.92 Å². The molecule has 0 bridgehead atoms.